The minimum atomic E-state index is -1.16. The molecule has 1 N–H and O–H groups in total. The second-order valence-electron chi connectivity index (χ2n) is 3.24. The van der Waals surface area contributed by atoms with Crippen LogP contribution in [0.5, 0.6) is 0 Å². The van der Waals surface area contributed by atoms with Crippen molar-refractivity contribution in [3.05, 3.63) is 34.9 Å². The average Bonchev–Trinajstić information content (AvgIpc) is 2.14. The van der Waals surface area contributed by atoms with Crippen molar-refractivity contribution in [2.75, 3.05) is 6.61 Å². The Morgan fingerprint density at radius 3 is 2.27 bits per heavy atom. The van der Waals surface area contributed by atoms with Gasteiger partial charge in [-0.2, -0.15) is 0 Å². The smallest absolute Gasteiger partial charge is 0.341 e. The number of ether oxygens (including phenoxy) is 1. The Kier molecular flexibility index (Phi) is 3.44. The van der Waals surface area contributed by atoms with E-state index in [0.29, 0.717) is 5.56 Å². The zero-order chi connectivity index (χ0) is 11.4. The van der Waals surface area contributed by atoms with E-state index < -0.39 is 18.5 Å². The van der Waals surface area contributed by atoms with E-state index in [1.807, 2.05) is 6.07 Å². The molecule has 0 radical (unpaired) electrons. The van der Waals surface area contributed by atoms with Crippen LogP contribution in [0.4, 0.5) is 0 Å². The van der Waals surface area contributed by atoms with Crippen LogP contribution in [0.15, 0.2) is 18.2 Å². The number of carbonyl (C=O) groups excluding carboxylic acids is 1. The second kappa shape index (κ2) is 4.59. The molecule has 0 aliphatic rings. The third kappa shape index (κ3) is 2.80. The summed E-state index contributed by atoms with van der Waals surface area (Å²) < 4.78 is 4.61. The monoisotopic (exact) mass is 208 g/mol. The van der Waals surface area contributed by atoms with Crippen LogP contribution in [0.1, 0.15) is 21.5 Å². The fourth-order valence-electron chi connectivity index (χ4n) is 1.34. The van der Waals surface area contributed by atoms with Crippen LogP contribution in [0, 0.1) is 13.8 Å². The molecule has 0 spiro atoms. The molecule has 0 aliphatic carbocycles. The van der Waals surface area contributed by atoms with Gasteiger partial charge in [-0.05, 0) is 25.0 Å². The average molecular weight is 208 g/mol. The van der Waals surface area contributed by atoms with Gasteiger partial charge in [0.05, 0.1) is 5.56 Å². The molecule has 0 fully saturated rings. The van der Waals surface area contributed by atoms with Crippen molar-refractivity contribution in [2.45, 2.75) is 13.8 Å². The van der Waals surface area contributed by atoms with Crippen molar-refractivity contribution >= 4 is 11.9 Å². The first-order valence-corrected chi connectivity index (χ1v) is 4.47. The maximum atomic E-state index is 11.5. The molecule has 4 heteroatoms. The highest BCUT2D eigenvalue weighted by Gasteiger charge is 2.14. The van der Waals surface area contributed by atoms with Crippen LogP contribution in [-0.2, 0) is 9.53 Å². The van der Waals surface area contributed by atoms with Gasteiger partial charge in [-0.25, -0.2) is 9.59 Å². The molecule has 0 bridgehead atoms. The van der Waals surface area contributed by atoms with Gasteiger partial charge in [0.25, 0.3) is 0 Å². The zero-order valence-electron chi connectivity index (χ0n) is 8.61. The minimum Gasteiger partial charge on any atom is -0.479 e. The number of aliphatic carboxylic acids is 1. The number of aryl methyl sites for hydroxylation is 2. The molecule has 4 nitrogen and oxygen atoms in total. The van der Waals surface area contributed by atoms with Gasteiger partial charge in [-0.15, -0.1) is 0 Å². The predicted octanol–water partition coefficient (Wildman–Crippen LogP) is 1.54. The van der Waals surface area contributed by atoms with Gasteiger partial charge in [0.1, 0.15) is 0 Å². The standard InChI is InChI=1S/C11H12O4/c1-7-4-3-5-8(2)10(7)11(14)15-6-9(12)13/h3-5H,6H2,1-2H3,(H,12,13). The van der Waals surface area contributed by atoms with E-state index in [1.54, 1.807) is 26.0 Å². The van der Waals surface area contributed by atoms with Crippen LogP contribution in [-0.4, -0.2) is 23.7 Å². The molecular weight excluding hydrogens is 196 g/mol. The molecule has 0 aromatic heterocycles. The molecule has 0 heterocycles. The van der Waals surface area contributed by atoms with Crippen molar-refractivity contribution in [2.24, 2.45) is 0 Å². The Morgan fingerprint density at radius 1 is 1.27 bits per heavy atom. The van der Waals surface area contributed by atoms with Gasteiger partial charge in [0, 0.05) is 0 Å². The van der Waals surface area contributed by atoms with Gasteiger partial charge in [-0.1, -0.05) is 18.2 Å². The Labute approximate surface area is 87.5 Å². The molecule has 1 aromatic rings. The highest BCUT2D eigenvalue weighted by molar-refractivity contribution is 5.93. The van der Waals surface area contributed by atoms with E-state index in [1.165, 1.54) is 0 Å². The summed E-state index contributed by atoms with van der Waals surface area (Å²) in [6.07, 6.45) is 0. The summed E-state index contributed by atoms with van der Waals surface area (Å²) in [4.78, 5) is 21.7. The number of hydrogen-bond donors (Lipinski definition) is 1. The minimum absolute atomic E-state index is 0.443. The normalized spacial score (nSPS) is 9.73. The maximum Gasteiger partial charge on any atom is 0.341 e. The lowest BCUT2D eigenvalue weighted by molar-refractivity contribution is -0.140. The lowest BCUT2D eigenvalue weighted by Gasteiger charge is -2.07. The summed E-state index contributed by atoms with van der Waals surface area (Å²) >= 11 is 0. The quantitative estimate of drug-likeness (QED) is 0.765. The van der Waals surface area contributed by atoms with Gasteiger partial charge in [-0.3, -0.25) is 0 Å². The number of carboxylic acid groups (broad SMARTS) is 1. The summed E-state index contributed by atoms with van der Waals surface area (Å²) in [6, 6.07) is 5.40. The highest BCUT2D eigenvalue weighted by Crippen LogP contribution is 2.14. The molecule has 0 amide bonds. The van der Waals surface area contributed by atoms with E-state index in [-0.39, 0.29) is 0 Å². The van der Waals surface area contributed by atoms with E-state index >= 15 is 0 Å². The molecular formula is C11H12O4. The molecule has 0 unspecified atom stereocenters. The van der Waals surface area contributed by atoms with Gasteiger partial charge >= 0.3 is 11.9 Å². The summed E-state index contributed by atoms with van der Waals surface area (Å²) in [6.45, 7) is 2.96. The van der Waals surface area contributed by atoms with Gasteiger partial charge < -0.3 is 9.84 Å². The summed E-state index contributed by atoms with van der Waals surface area (Å²) in [7, 11) is 0. The van der Waals surface area contributed by atoms with Crippen LogP contribution >= 0.6 is 0 Å². The first-order valence-electron chi connectivity index (χ1n) is 4.47. The van der Waals surface area contributed by atoms with Crippen molar-refractivity contribution < 1.29 is 19.4 Å². The predicted molar refractivity (Wildman–Crippen MR) is 53.8 cm³/mol. The summed E-state index contributed by atoms with van der Waals surface area (Å²) in [5.41, 5.74) is 2.01. The largest absolute Gasteiger partial charge is 0.479 e. The molecule has 0 saturated carbocycles. The number of rotatable bonds is 3. The number of carbonyl (C=O) groups is 2. The van der Waals surface area contributed by atoms with E-state index in [2.05, 4.69) is 4.74 Å². The second-order valence-corrected chi connectivity index (χ2v) is 3.24. The van der Waals surface area contributed by atoms with Crippen LogP contribution in [0.25, 0.3) is 0 Å². The Hall–Kier alpha value is -1.84. The first kappa shape index (κ1) is 11.2. The summed E-state index contributed by atoms with van der Waals surface area (Å²) in [5, 5.41) is 8.37. The number of hydrogen-bond acceptors (Lipinski definition) is 3. The van der Waals surface area contributed by atoms with Gasteiger partial charge in [0.15, 0.2) is 6.61 Å². The number of benzene rings is 1. The molecule has 15 heavy (non-hydrogen) atoms. The zero-order valence-corrected chi connectivity index (χ0v) is 8.61. The third-order valence-corrected chi connectivity index (χ3v) is 2.01. The summed E-state index contributed by atoms with van der Waals surface area (Å²) in [5.74, 6) is -1.75. The molecule has 0 aliphatic heterocycles. The van der Waals surface area contributed by atoms with Crippen LogP contribution < -0.4 is 0 Å². The fraction of sp³-hybridized carbons (Fsp3) is 0.273. The lowest BCUT2D eigenvalue weighted by atomic mass is 10.0. The van der Waals surface area contributed by atoms with Gasteiger partial charge in [0.2, 0.25) is 0 Å². The molecule has 1 rings (SSSR count). The fourth-order valence-corrected chi connectivity index (χ4v) is 1.34. The Morgan fingerprint density at radius 2 is 1.80 bits per heavy atom. The molecule has 80 valence electrons. The Balaban J connectivity index is 2.86. The topological polar surface area (TPSA) is 63.6 Å². The first-order chi connectivity index (χ1) is 7.02. The Bertz CT molecular complexity index is 375. The number of esters is 1. The molecule has 0 atom stereocenters. The molecule has 0 saturated heterocycles. The lowest BCUT2D eigenvalue weighted by Crippen LogP contribution is -2.15. The van der Waals surface area contributed by atoms with Crippen molar-refractivity contribution in [3.63, 3.8) is 0 Å². The van der Waals surface area contributed by atoms with Crippen LogP contribution in [0.3, 0.4) is 0 Å². The SMILES string of the molecule is Cc1cccc(C)c1C(=O)OCC(=O)O. The maximum absolute atomic E-state index is 11.5. The third-order valence-electron chi connectivity index (χ3n) is 2.01. The highest BCUT2D eigenvalue weighted by atomic mass is 16.5. The van der Waals surface area contributed by atoms with Crippen molar-refractivity contribution in [3.8, 4) is 0 Å². The van der Waals surface area contributed by atoms with Crippen molar-refractivity contribution in [1.82, 2.24) is 0 Å². The number of carboxylic acids is 1. The van der Waals surface area contributed by atoms with Crippen LogP contribution in [0.2, 0.25) is 0 Å². The van der Waals surface area contributed by atoms with Crippen molar-refractivity contribution in [1.29, 1.82) is 0 Å². The van der Waals surface area contributed by atoms with E-state index in [0.717, 1.165) is 11.1 Å². The molecule has 1 aromatic carbocycles. The van der Waals surface area contributed by atoms with E-state index in [4.69, 9.17) is 5.11 Å². The van der Waals surface area contributed by atoms with E-state index in [9.17, 15) is 9.59 Å².